The van der Waals surface area contributed by atoms with Crippen molar-refractivity contribution in [3.05, 3.63) is 35.4 Å². The van der Waals surface area contributed by atoms with E-state index in [1.807, 2.05) is 12.1 Å². The van der Waals surface area contributed by atoms with Gasteiger partial charge in [-0.2, -0.15) is 0 Å². The molecule has 1 aliphatic carbocycles. The molecule has 0 bridgehead atoms. The van der Waals surface area contributed by atoms with E-state index in [1.165, 1.54) is 17.5 Å². The van der Waals surface area contributed by atoms with Gasteiger partial charge in [0.05, 0.1) is 11.7 Å². The van der Waals surface area contributed by atoms with Crippen LogP contribution in [0.2, 0.25) is 0 Å². The summed E-state index contributed by atoms with van der Waals surface area (Å²) in [6, 6.07) is 8.22. The van der Waals surface area contributed by atoms with Crippen molar-refractivity contribution in [2.24, 2.45) is 0 Å². The Morgan fingerprint density at radius 2 is 2.06 bits per heavy atom. The van der Waals surface area contributed by atoms with Crippen LogP contribution in [0.25, 0.3) is 0 Å². The number of ether oxygens (including phenoxy) is 1. The molecule has 16 heavy (non-hydrogen) atoms. The molecule has 0 saturated heterocycles. The first-order valence-corrected chi connectivity index (χ1v) is 5.96. The van der Waals surface area contributed by atoms with Crippen LogP contribution in [-0.2, 0) is 11.2 Å². The highest BCUT2D eigenvalue weighted by Gasteiger charge is 2.43. The number of hydrogen-bond acceptors (Lipinski definition) is 2. The summed E-state index contributed by atoms with van der Waals surface area (Å²) in [5.74, 6) is 0. The highest BCUT2D eigenvalue weighted by Crippen LogP contribution is 2.39. The maximum absolute atomic E-state index is 10.3. The zero-order chi connectivity index (χ0) is 11.6. The highest BCUT2D eigenvalue weighted by atomic mass is 16.5. The van der Waals surface area contributed by atoms with Gasteiger partial charge in [-0.1, -0.05) is 24.3 Å². The Hall–Kier alpha value is -0.860. The van der Waals surface area contributed by atoms with Gasteiger partial charge >= 0.3 is 0 Å². The van der Waals surface area contributed by atoms with Crippen LogP contribution in [0.1, 0.15) is 30.4 Å². The smallest absolute Gasteiger partial charge is 0.0939 e. The van der Waals surface area contributed by atoms with Crippen LogP contribution in [-0.4, -0.2) is 23.9 Å². The van der Waals surface area contributed by atoms with E-state index in [9.17, 15) is 5.11 Å². The van der Waals surface area contributed by atoms with Crippen LogP contribution in [0.15, 0.2) is 24.3 Å². The fourth-order valence-electron chi connectivity index (χ4n) is 2.43. The summed E-state index contributed by atoms with van der Waals surface area (Å²) in [5, 5.41) is 10.3. The lowest BCUT2D eigenvalue weighted by molar-refractivity contribution is -0.148. The molecule has 0 heterocycles. The number of methoxy groups -OCH3 is 1. The van der Waals surface area contributed by atoms with Crippen molar-refractivity contribution in [3.63, 3.8) is 0 Å². The minimum atomic E-state index is -0.382. The number of benzene rings is 1. The molecule has 88 valence electrons. The lowest BCUT2D eigenvalue weighted by atomic mass is 9.74. The fourth-order valence-corrected chi connectivity index (χ4v) is 2.43. The van der Waals surface area contributed by atoms with E-state index in [0.717, 1.165) is 12.8 Å². The van der Waals surface area contributed by atoms with Crippen LogP contribution in [0, 0.1) is 6.92 Å². The molecule has 1 aliphatic rings. The van der Waals surface area contributed by atoms with Gasteiger partial charge in [-0.15, -0.1) is 0 Å². The predicted molar refractivity (Wildman–Crippen MR) is 64.5 cm³/mol. The first kappa shape index (κ1) is 11.6. The molecule has 1 saturated carbocycles. The van der Waals surface area contributed by atoms with E-state index >= 15 is 0 Å². The second-order valence-electron chi connectivity index (χ2n) is 4.77. The quantitative estimate of drug-likeness (QED) is 0.844. The summed E-state index contributed by atoms with van der Waals surface area (Å²) >= 11 is 0. The van der Waals surface area contributed by atoms with Crippen LogP contribution < -0.4 is 0 Å². The molecule has 1 aromatic rings. The Morgan fingerprint density at radius 1 is 1.38 bits per heavy atom. The summed E-state index contributed by atoms with van der Waals surface area (Å²) in [5.41, 5.74) is 2.19. The lowest BCUT2D eigenvalue weighted by Crippen LogP contribution is -2.50. The summed E-state index contributed by atoms with van der Waals surface area (Å²) in [4.78, 5) is 0. The van der Waals surface area contributed by atoms with Gasteiger partial charge in [0.25, 0.3) is 0 Å². The molecule has 1 N–H and O–H groups in total. The first-order chi connectivity index (χ1) is 7.68. The van der Waals surface area contributed by atoms with Gasteiger partial charge < -0.3 is 9.84 Å². The van der Waals surface area contributed by atoms with Crippen molar-refractivity contribution < 1.29 is 9.84 Å². The number of aryl methyl sites for hydroxylation is 1. The standard InChI is InChI=1S/C14H20O2/c1-11-6-3-4-7-12(11)10-13(15)14(16-2)8-5-9-14/h3-4,6-7,13,15H,5,8-10H2,1-2H3. The average Bonchev–Trinajstić information content (AvgIpc) is 2.21. The van der Waals surface area contributed by atoms with Gasteiger partial charge in [0.2, 0.25) is 0 Å². The van der Waals surface area contributed by atoms with Crippen molar-refractivity contribution >= 4 is 0 Å². The molecule has 1 unspecified atom stereocenters. The van der Waals surface area contributed by atoms with E-state index in [-0.39, 0.29) is 11.7 Å². The summed E-state index contributed by atoms with van der Waals surface area (Å²) in [6.45, 7) is 2.09. The fraction of sp³-hybridized carbons (Fsp3) is 0.571. The third-order valence-electron chi connectivity index (χ3n) is 3.89. The maximum Gasteiger partial charge on any atom is 0.0939 e. The molecule has 0 radical (unpaired) electrons. The van der Waals surface area contributed by atoms with E-state index in [2.05, 4.69) is 19.1 Å². The predicted octanol–water partition coefficient (Wildman–Crippen LogP) is 2.47. The van der Waals surface area contributed by atoms with Gasteiger partial charge in [-0.3, -0.25) is 0 Å². The molecular weight excluding hydrogens is 200 g/mol. The molecule has 2 rings (SSSR count). The van der Waals surface area contributed by atoms with Crippen molar-refractivity contribution in [2.75, 3.05) is 7.11 Å². The number of aliphatic hydroxyl groups excluding tert-OH is 1. The third-order valence-corrected chi connectivity index (χ3v) is 3.89. The van der Waals surface area contributed by atoms with Crippen molar-refractivity contribution in [3.8, 4) is 0 Å². The Labute approximate surface area is 97.3 Å². The molecule has 1 fully saturated rings. The van der Waals surface area contributed by atoms with Crippen molar-refractivity contribution in [1.82, 2.24) is 0 Å². The first-order valence-electron chi connectivity index (χ1n) is 5.96. The monoisotopic (exact) mass is 220 g/mol. The highest BCUT2D eigenvalue weighted by molar-refractivity contribution is 5.26. The summed E-state index contributed by atoms with van der Waals surface area (Å²) < 4.78 is 5.50. The Balaban J connectivity index is 2.07. The van der Waals surface area contributed by atoms with Gasteiger partial charge in [0, 0.05) is 13.5 Å². The summed E-state index contributed by atoms with van der Waals surface area (Å²) in [7, 11) is 1.71. The Morgan fingerprint density at radius 3 is 2.56 bits per heavy atom. The van der Waals surface area contributed by atoms with Crippen LogP contribution >= 0.6 is 0 Å². The van der Waals surface area contributed by atoms with Crippen LogP contribution in [0.5, 0.6) is 0 Å². The van der Waals surface area contributed by atoms with Crippen LogP contribution in [0.4, 0.5) is 0 Å². The Kier molecular flexibility index (Phi) is 3.31. The molecule has 1 aromatic carbocycles. The SMILES string of the molecule is COC1(C(O)Cc2ccccc2C)CCC1. The number of rotatable bonds is 4. The molecule has 0 amide bonds. The molecule has 0 spiro atoms. The van der Waals surface area contributed by atoms with Gasteiger partial charge in [-0.25, -0.2) is 0 Å². The zero-order valence-electron chi connectivity index (χ0n) is 10.1. The molecule has 2 heteroatoms. The number of hydrogen-bond donors (Lipinski definition) is 1. The molecule has 0 aromatic heterocycles. The maximum atomic E-state index is 10.3. The second-order valence-corrected chi connectivity index (χ2v) is 4.77. The van der Waals surface area contributed by atoms with E-state index in [4.69, 9.17) is 4.74 Å². The Bertz CT molecular complexity index is 350. The molecule has 1 atom stereocenters. The topological polar surface area (TPSA) is 29.5 Å². The van der Waals surface area contributed by atoms with Crippen molar-refractivity contribution in [1.29, 1.82) is 0 Å². The van der Waals surface area contributed by atoms with E-state index in [0.29, 0.717) is 6.42 Å². The van der Waals surface area contributed by atoms with Gasteiger partial charge in [0.15, 0.2) is 0 Å². The second kappa shape index (κ2) is 4.56. The van der Waals surface area contributed by atoms with Gasteiger partial charge in [0.1, 0.15) is 0 Å². The number of aliphatic hydroxyl groups is 1. The molecule has 2 nitrogen and oxygen atoms in total. The van der Waals surface area contributed by atoms with E-state index in [1.54, 1.807) is 7.11 Å². The molecular formula is C14H20O2. The minimum Gasteiger partial charge on any atom is -0.390 e. The lowest BCUT2D eigenvalue weighted by Gasteiger charge is -2.44. The summed E-state index contributed by atoms with van der Waals surface area (Å²) in [6.07, 6.45) is 3.44. The van der Waals surface area contributed by atoms with Gasteiger partial charge in [-0.05, 0) is 37.3 Å². The minimum absolute atomic E-state index is 0.276. The third kappa shape index (κ3) is 2.00. The van der Waals surface area contributed by atoms with Crippen LogP contribution in [0.3, 0.4) is 0 Å². The molecule has 0 aliphatic heterocycles. The largest absolute Gasteiger partial charge is 0.390 e. The van der Waals surface area contributed by atoms with E-state index < -0.39 is 0 Å². The normalized spacial score (nSPS) is 20.2. The van der Waals surface area contributed by atoms with Crippen molar-refractivity contribution in [2.45, 2.75) is 44.3 Å². The zero-order valence-corrected chi connectivity index (χ0v) is 10.1. The average molecular weight is 220 g/mol.